The highest BCUT2D eigenvalue weighted by Crippen LogP contribution is 2.30. The van der Waals surface area contributed by atoms with Crippen molar-refractivity contribution in [1.82, 2.24) is 14.5 Å². The minimum atomic E-state index is -0.424. The third-order valence-corrected chi connectivity index (χ3v) is 4.29. The van der Waals surface area contributed by atoms with E-state index in [1.54, 1.807) is 30.0 Å². The van der Waals surface area contributed by atoms with Gasteiger partial charge in [0.2, 0.25) is 5.28 Å². The normalized spacial score (nSPS) is 12.7. The molecule has 3 heterocycles. The average molecular weight is 372 g/mol. The molecule has 0 fully saturated rings. The van der Waals surface area contributed by atoms with Crippen LogP contribution in [0.1, 0.15) is 11.5 Å². The smallest absolute Gasteiger partial charge is 0.226 e. The van der Waals surface area contributed by atoms with Crippen molar-refractivity contribution in [2.45, 2.75) is 19.0 Å². The van der Waals surface area contributed by atoms with Crippen molar-refractivity contribution >= 4 is 40.1 Å². The summed E-state index contributed by atoms with van der Waals surface area (Å²) in [5.74, 6) is 0.808. The number of nitrogens with two attached hydrogens (primary N) is 1. The van der Waals surface area contributed by atoms with Gasteiger partial charge in [-0.05, 0) is 23.7 Å². The van der Waals surface area contributed by atoms with Gasteiger partial charge in [0.05, 0.1) is 23.9 Å². The van der Waals surface area contributed by atoms with Crippen LogP contribution in [0, 0.1) is 5.82 Å². The summed E-state index contributed by atoms with van der Waals surface area (Å²) in [5, 5.41) is 3.33. The molecule has 3 aromatic heterocycles. The van der Waals surface area contributed by atoms with E-state index in [9.17, 15) is 4.39 Å². The predicted molar refractivity (Wildman–Crippen MR) is 91.9 cm³/mol. The first-order chi connectivity index (χ1) is 11.5. The quantitative estimate of drug-likeness (QED) is 0.513. The Bertz CT molecular complexity index is 850. The minimum absolute atomic E-state index is 0.0261. The number of fused-ring (bicyclic) bond motifs is 1. The number of anilines is 1. The molecule has 3 rings (SSSR count). The van der Waals surface area contributed by atoms with Gasteiger partial charge >= 0.3 is 0 Å². The number of nitrogens with one attached hydrogen (secondary N) is 1. The van der Waals surface area contributed by atoms with Crippen LogP contribution in [0.3, 0.4) is 0 Å². The average Bonchev–Trinajstić information content (AvgIpc) is 3.16. The fourth-order valence-electron chi connectivity index (χ4n) is 2.53. The van der Waals surface area contributed by atoms with E-state index >= 15 is 0 Å². The highest BCUT2D eigenvalue weighted by Gasteiger charge is 2.22. The summed E-state index contributed by atoms with van der Waals surface area (Å²) in [4.78, 5) is 8.24. The summed E-state index contributed by atoms with van der Waals surface area (Å²) in [5.41, 5.74) is 6.66. The molecule has 0 bridgehead atoms. The molecule has 1 atom stereocenters. The lowest BCUT2D eigenvalue weighted by Crippen LogP contribution is -2.26. The lowest BCUT2D eigenvalue weighted by molar-refractivity contribution is 0.518. The number of hydrogen-bond donors (Lipinski definition) is 2. The standard InChI is InChI=1S/C15H16Cl2FN5O/c1-23-10(5-8(19)6-16)12(18)11-13(21-15(17)22-14(11)23)20-7-9-3-2-4-24-9/h2-4,8H,5-7,19H2,1H3,(H,20,21,22). The zero-order valence-corrected chi connectivity index (χ0v) is 14.4. The highest BCUT2D eigenvalue weighted by atomic mass is 35.5. The Morgan fingerprint density at radius 3 is 2.92 bits per heavy atom. The fraction of sp³-hybridized carbons (Fsp3) is 0.333. The van der Waals surface area contributed by atoms with E-state index in [1.807, 2.05) is 0 Å². The molecular weight excluding hydrogens is 356 g/mol. The summed E-state index contributed by atoms with van der Waals surface area (Å²) in [6.45, 7) is 0.348. The van der Waals surface area contributed by atoms with Crippen LogP contribution in [0.4, 0.5) is 10.2 Å². The van der Waals surface area contributed by atoms with Crippen LogP contribution >= 0.6 is 23.2 Å². The predicted octanol–water partition coefficient (Wildman–Crippen LogP) is 3.07. The molecule has 0 aliphatic heterocycles. The zero-order chi connectivity index (χ0) is 17.3. The Kier molecular flexibility index (Phi) is 4.93. The SMILES string of the molecule is Cn1c(CC(N)CCl)c(F)c2c(NCc3ccco3)nc(Cl)nc21. The van der Waals surface area contributed by atoms with Crippen LogP contribution in [0.2, 0.25) is 5.28 Å². The number of aromatic nitrogens is 3. The maximum Gasteiger partial charge on any atom is 0.226 e. The monoisotopic (exact) mass is 371 g/mol. The molecule has 0 spiro atoms. The van der Waals surface area contributed by atoms with Gasteiger partial charge in [-0.1, -0.05) is 0 Å². The molecule has 0 saturated heterocycles. The number of nitrogens with zero attached hydrogens (tertiary/aromatic N) is 3. The van der Waals surface area contributed by atoms with E-state index < -0.39 is 5.82 Å². The van der Waals surface area contributed by atoms with Crippen molar-refractivity contribution < 1.29 is 8.81 Å². The van der Waals surface area contributed by atoms with Crippen LogP contribution in [0.25, 0.3) is 11.0 Å². The Hall–Kier alpha value is -1.83. The van der Waals surface area contributed by atoms with Crippen LogP contribution in [-0.2, 0) is 20.0 Å². The Labute approximate surface area is 147 Å². The van der Waals surface area contributed by atoms with Crippen LogP contribution < -0.4 is 11.1 Å². The molecule has 0 aliphatic carbocycles. The summed E-state index contributed by atoms with van der Waals surface area (Å²) in [6, 6.07) is 3.22. The van der Waals surface area contributed by atoms with Gasteiger partial charge in [0, 0.05) is 25.4 Å². The van der Waals surface area contributed by atoms with Gasteiger partial charge in [0.1, 0.15) is 17.2 Å². The molecule has 24 heavy (non-hydrogen) atoms. The summed E-state index contributed by atoms with van der Waals surface area (Å²) in [7, 11) is 1.71. The van der Waals surface area contributed by atoms with Crippen LogP contribution in [-0.4, -0.2) is 26.5 Å². The molecule has 0 amide bonds. The second-order valence-corrected chi connectivity index (χ2v) is 6.06. The zero-order valence-electron chi connectivity index (χ0n) is 12.9. The van der Waals surface area contributed by atoms with E-state index in [0.717, 1.165) is 0 Å². The summed E-state index contributed by atoms with van der Waals surface area (Å²) >= 11 is 11.7. The number of rotatable bonds is 6. The second kappa shape index (κ2) is 6.96. The third-order valence-electron chi connectivity index (χ3n) is 3.72. The first-order valence-electron chi connectivity index (χ1n) is 7.29. The topological polar surface area (TPSA) is 81.9 Å². The van der Waals surface area contributed by atoms with Crippen LogP contribution in [0.5, 0.6) is 0 Å². The lowest BCUT2D eigenvalue weighted by Gasteiger charge is -2.08. The molecule has 0 aromatic carbocycles. The molecule has 9 heteroatoms. The summed E-state index contributed by atoms with van der Waals surface area (Å²) < 4.78 is 21.8. The largest absolute Gasteiger partial charge is 0.467 e. The number of halogens is 3. The molecule has 0 radical (unpaired) electrons. The van der Waals surface area contributed by atoms with E-state index in [4.69, 9.17) is 33.4 Å². The summed E-state index contributed by atoms with van der Waals surface area (Å²) in [6.07, 6.45) is 1.85. The van der Waals surface area contributed by atoms with Crippen molar-refractivity contribution in [2.75, 3.05) is 11.2 Å². The molecule has 128 valence electrons. The van der Waals surface area contributed by atoms with Gasteiger partial charge in [-0.15, -0.1) is 11.6 Å². The van der Waals surface area contributed by atoms with E-state index in [-0.39, 0.29) is 29.0 Å². The van der Waals surface area contributed by atoms with Gasteiger partial charge in [0.25, 0.3) is 0 Å². The van der Waals surface area contributed by atoms with E-state index in [1.165, 1.54) is 0 Å². The van der Waals surface area contributed by atoms with Gasteiger partial charge in [-0.2, -0.15) is 9.97 Å². The molecule has 3 N–H and O–H groups in total. The molecule has 6 nitrogen and oxygen atoms in total. The molecule has 1 unspecified atom stereocenters. The third kappa shape index (κ3) is 3.19. The molecule has 0 aliphatic rings. The van der Waals surface area contributed by atoms with Crippen molar-refractivity contribution in [3.63, 3.8) is 0 Å². The van der Waals surface area contributed by atoms with Crippen molar-refractivity contribution in [3.05, 3.63) is 41.0 Å². The maximum atomic E-state index is 14.9. The van der Waals surface area contributed by atoms with Gasteiger partial charge < -0.3 is 20.0 Å². The number of hydrogen-bond acceptors (Lipinski definition) is 5. The minimum Gasteiger partial charge on any atom is -0.467 e. The number of aryl methyl sites for hydroxylation is 1. The number of furan rings is 1. The van der Waals surface area contributed by atoms with E-state index in [0.29, 0.717) is 29.5 Å². The highest BCUT2D eigenvalue weighted by molar-refractivity contribution is 6.28. The van der Waals surface area contributed by atoms with Crippen molar-refractivity contribution in [2.24, 2.45) is 12.8 Å². The molecule has 0 saturated carbocycles. The fourth-order valence-corrected chi connectivity index (χ4v) is 2.80. The van der Waals surface area contributed by atoms with Gasteiger partial charge in [-0.3, -0.25) is 0 Å². The van der Waals surface area contributed by atoms with Gasteiger partial charge in [0.15, 0.2) is 5.82 Å². The Balaban J connectivity index is 2.03. The lowest BCUT2D eigenvalue weighted by atomic mass is 10.2. The number of alkyl halides is 1. The van der Waals surface area contributed by atoms with E-state index in [2.05, 4.69) is 15.3 Å². The molecular formula is C15H16Cl2FN5O. The second-order valence-electron chi connectivity index (χ2n) is 5.41. The first-order valence-corrected chi connectivity index (χ1v) is 8.20. The Morgan fingerprint density at radius 2 is 2.25 bits per heavy atom. The molecule has 3 aromatic rings. The maximum absolute atomic E-state index is 14.9. The van der Waals surface area contributed by atoms with Crippen molar-refractivity contribution in [1.29, 1.82) is 0 Å². The van der Waals surface area contributed by atoms with Gasteiger partial charge in [-0.25, -0.2) is 4.39 Å². The van der Waals surface area contributed by atoms with Crippen molar-refractivity contribution in [3.8, 4) is 0 Å². The Morgan fingerprint density at radius 1 is 1.46 bits per heavy atom. The van der Waals surface area contributed by atoms with Crippen LogP contribution in [0.15, 0.2) is 22.8 Å². The first kappa shape index (κ1) is 17.0.